The zero-order valence-corrected chi connectivity index (χ0v) is 20.7. The molecule has 2 saturated heterocycles. The average Bonchev–Trinajstić information content (AvgIpc) is 3.36. The van der Waals surface area contributed by atoms with Gasteiger partial charge in [-0.2, -0.15) is 0 Å². The van der Waals surface area contributed by atoms with Gasteiger partial charge in [0.05, 0.1) is 24.8 Å². The van der Waals surface area contributed by atoms with Gasteiger partial charge < -0.3 is 19.1 Å². The molecule has 0 spiro atoms. The van der Waals surface area contributed by atoms with Gasteiger partial charge in [-0.05, 0) is 38.0 Å². The highest BCUT2D eigenvalue weighted by molar-refractivity contribution is 5.90. The Morgan fingerprint density at radius 1 is 1.15 bits per heavy atom. The second-order valence-corrected chi connectivity index (χ2v) is 9.37. The predicted octanol–water partition coefficient (Wildman–Crippen LogP) is 3.33. The fourth-order valence-corrected chi connectivity index (χ4v) is 5.13. The molecule has 8 nitrogen and oxygen atoms in total. The summed E-state index contributed by atoms with van der Waals surface area (Å²) in [6, 6.07) is 7.57. The van der Waals surface area contributed by atoms with Crippen molar-refractivity contribution in [2.24, 2.45) is 5.92 Å². The number of carbonyl (C=O) groups excluding carboxylic acids is 2. The third kappa shape index (κ3) is 4.97. The first-order valence-corrected chi connectivity index (χ1v) is 12.3. The van der Waals surface area contributed by atoms with Crippen LogP contribution in [0.15, 0.2) is 28.8 Å². The Kier molecular flexibility index (Phi) is 7.56. The minimum Gasteiger partial charge on any atom is -0.497 e. The Morgan fingerprint density at radius 3 is 2.44 bits per heavy atom. The number of aryl methyl sites for hydroxylation is 2. The number of amides is 2. The number of aromatic nitrogens is 1. The van der Waals surface area contributed by atoms with E-state index in [1.165, 1.54) is 0 Å². The largest absolute Gasteiger partial charge is 0.497 e. The molecule has 34 heavy (non-hydrogen) atoms. The molecular formula is C26H36N4O4. The molecule has 184 valence electrons. The average molecular weight is 469 g/mol. The van der Waals surface area contributed by atoms with Crippen molar-refractivity contribution in [1.29, 1.82) is 0 Å². The number of likely N-dealkylation sites (tertiary alicyclic amines) is 1. The number of rotatable bonds is 8. The summed E-state index contributed by atoms with van der Waals surface area (Å²) in [7, 11) is 1.64. The van der Waals surface area contributed by atoms with Crippen molar-refractivity contribution in [1.82, 2.24) is 19.9 Å². The maximum Gasteiger partial charge on any atom is 0.228 e. The molecule has 4 rings (SSSR count). The number of piperazine rings is 1. The summed E-state index contributed by atoms with van der Waals surface area (Å²) in [5, 5.41) is 4.05. The zero-order chi connectivity index (χ0) is 24.2. The van der Waals surface area contributed by atoms with E-state index in [1.54, 1.807) is 7.11 Å². The van der Waals surface area contributed by atoms with Crippen LogP contribution in [-0.4, -0.2) is 71.5 Å². The highest BCUT2D eigenvalue weighted by Crippen LogP contribution is 2.40. The Hall–Kier alpha value is -2.87. The van der Waals surface area contributed by atoms with Gasteiger partial charge in [-0.1, -0.05) is 30.6 Å². The quantitative estimate of drug-likeness (QED) is 0.591. The van der Waals surface area contributed by atoms with Crippen LogP contribution in [0.25, 0.3) is 0 Å². The normalized spacial score (nSPS) is 21.4. The van der Waals surface area contributed by atoms with E-state index in [1.807, 2.05) is 47.9 Å². The van der Waals surface area contributed by atoms with Crippen molar-refractivity contribution >= 4 is 11.8 Å². The summed E-state index contributed by atoms with van der Waals surface area (Å²) >= 11 is 0. The molecule has 2 aliphatic rings. The van der Waals surface area contributed by atoms with E-state index in [-0.39, 0.29) is 30.2 Å². The Labute approximate surface area is 201 Å². The lowest BCUT2D eigenvalue weighted by Gasteiger charge is -2.37. The van der Waals surface area contributed by atoms with E-state index in [9.17, 15) is 9.59 Å². The number of methoxy groups -OCH3 is 1. The molecule has 2 amide bonds. The summed E-state index contributed by atoms with van der Waals surface area (Å²) in [4.78, 5) is 32.9. The van der Waals surface area contributed by atoms with Gasteiger partial charge in [0, 0.05) is 51.3 Å². The molecule has 2 unspecified atom stereocenters. The third-order valence-corrected chi connectivity index (χ3v) is 7.21. The van der Waals surface area contributed by atoms with Crippen LogP contribution in [0.1, 0.15) is 54.8 Å². The summed E-state index contributed by atoms with van der Waals surface area (Å²) in [5.41, 5.74) is 3.06. The molecule has 2 aromatic rings. The van der Waals surface area contributed by atoms with Crippen LogP contribution in [0, 0.1) is 19.8 Å². The van der Waals surface area contributed by atoms with Crippen LogP contribution in [-0.2, 0) is 16.1 Å². The van der Waals surface area contributed by atoms with Crippen molar-refractivity contribution in [3.63, 3.8) is 0 Å². The molecule has 0 N–H and O–H groups in total. The molecule has 0 aliphatic carbocycles. The van der Waals surface area contributed by atoms with E-state index in [4.69, 9.17) is 9.26 Å². The van der Waals surface area contributed by atoms with Gasteiger partial charge in [-0.3, -0.25) is 14.5 Å². The molecule has 0 saturated carbocycles. The van der Waals surface area contributed by atoms with Gasteiger partial charge in [0.25, 0.3) is 0 Å². The lowest BCUT2D eigenvalue weighted by atomic mass is 9.91. The van der Waals surface area contributed by atoms with Crippen LogP contribution < -0.4 is 4.74 Å². The minimum atomic E-state index is -0.355. The summed E-state index contributed by atoms with van der Waals surface area (Å²) in [6.07, 6.45) is 2.21. The second-order valence-electron chi connectivity index (χ2n) is 9.37. The zero-order valence-electron chi connectivity index (χ0n) is 20.7. The van der Waals surface area contributed by atoms with Gasteiger partial charge in [-0.25, -0.2) is 0 Å². The molecule has 1 aromatic heterocycles. The van der Waals surface area contributed by atoms with Crippen molar-refractivity contribution in [3.05, 3.63) is 46.8 Å². The molecule has 2 aliphatic heterocycles. The van der Waals surface area contributed by atoms with Crippen LogP contribution in [0.5, 0.6) is 5.75 Å². The standard InChI is InChI=1S/C26H36N4O4/c1-5-6-11-30-24(31)16-22(25(30)20-7-9-21(33-4)10-8-20)26(32)29-14-12-28(13-15-29)17-23-18(2)27-34-19(23)3/h7-10,22,25H,5-6,11-17H2,1-4H3. The monoisotopic (exact) mass is 468 g/mol. The van der Waals surface area contributed by atoms with Crippen molar-refractivity contribution in [3.8, 4) is 5.75 Å². The van der Waals surface area contributed by atoms with Gasteiger partial charge in [0.15, 0.2) is 0 Å². The molecule has 0 radical (unpaired) electrons. The number of benzene rings is 1. The molecule has 1 aromatic carbocycles. The maximum absolute atomic E-state index is 13.7. The fraction of sp³-hybridized carbons (Fsp3) is 0.577. The smallest absolute Gasteiger partial charge is 0.228 e. The molecule has 8 heteroatoms. The van der Waals surface area contributed by atoms with Gasteiger partial charge in [-0.15, -0.1) is 0 Å². The molecule has 2 atom stereocenters. The van der Waals surface area contributed by atoms with E-state index >= 15 is 0 Å². The Bertz CT molecular complexity index is 975. The molecule has 2 fully saturated rings. The summed E-state index contributed by atoms with van der Waals surface area (Å²) < 4.78 is 10.6. The Morgan fingerprint density at radius 2 is 1.85 bits per heavy atom. The number of hydrogen-bond donors (Lipinski definition) is 0. The van der Waals surface area contributed by atoms with Gasteiger partial charge >= 0.3 is 0 Å². The lowest BCUT2D eigenvalue weighted by Crippen LogP contribution is -2.50. The number of unbranched alkanes of at least 4 members (excludes halogenated alkanes) is 1. The number of carbonyl (C=O) groups is 2. The highest BCUT2D eigenvalue weighted by atomic mass is 16.5. The first-order valence-electron chi connectivity index (χ1n) is 12.3. The third-order valence-electron chi connectivity index (χ3n) is 7.21. The van der Waals surface area contributed by atoms with E-state index < -0.39 is 0 Å². The van der Waals surface area contributed by atoms with E-state index in [0.29, 0.717) is 19.6 Å². The highest BCUT2D eigenvalue weighted by Gasteiger charge is 2.45. The van der Waals surface area contributed by atoms with Crippen molar-refractivity contribution < 1.29 is 18.8 Å². The van der Waals surface area contributed by atoms with Crippen molar-refractivity contribution in [2.75, 3.05) is 39.8 Å². The van der Waals surface area contributed by atoms with Crippen LogP contribution in [0.2, 0.25) is 0 Å². The Balaban J connectivity index is 1.46. The van der Waals surface area contributed by atoms with E-state index in [0.717, 1.165) is 60.8 Å². The number of hydrogen-bond acceptors (Lipinski definition) is 6. The topological polar surface area (TPSA) is 79.1 Å². The SMILES string of the molecule is CCCCN1C(=O)CC(C(=O)N2CCN(Cc3c(C)noc3C)CC2)C1c1ccc(OC)cc1. The lowest BCUT2D eigenvalue weighted by molar-refractivity contribution is -0.138. The van der Waals surface area contributed by atoms with E-state index in [2.05, 4.69) is 17.0 Å². The molecule has 3 heterocycles. The van der Waals surface area contributed by atoms with Crippen LogP contribution in [0.4, 0.5) is 0 Å². The summed E-state index contributed by atoms with van der Waals surface area (Å²) in [5.74, 6) is 1.43. The van der Waals surface area contributed by atoms with Gasteiger partial charge in [0.2, 0.25) is 11.8 Å². The predicted molar refractivity (Wildman–Crippen MR) is 128 cm³/mol. The first kappa shape index (κ1) is 24.3. The van der Waals surface area contributed by atoms with Crippen molar-refractivity contribution in [2.45, 2.75) is 52.6 Å². The van der Waals surface area contributed by atoms with Gasteiger partial charge in [0.1, 0.15) is 11.5 Å². The second kappa shape index (κ2) is 10.6. The number of ether oxygens (including phenoxy) is 1. The van der Waals surface area contributed by atoms with Crippen LogP contribution in [0.3, 0.4) is 0 Å². The molecular weight excluding hydrogens is 432 g/mol. The first-order chi connectivity index (χ1) is 16.4. The molecule has 0 bridgehead atoms. The summed E-state index contributed by atoms with van der Waals surface area (Å²) in [6.45, 7) is 10.4. The maximum atomic E-state index is 13.7. The van der Waals surface area contributed by atoms with Crippen LogP contribution >= 0.6 is 0 Å². The number of nitrogens with zero attached hydrogens (tertiary/aromatic N) is 4. The minimum absolute atomic E-state index is 0.0738. The fourth-order valence-electron chi connectivity index (χ4n) is 5.13.